The largest absolute Gasteiger partial charge is 0.368 e. The van der Waals surface area contributed by atoms with Gasteiger partial charge >= 0.3 is 0 Å². The van der Waals surface area contributed by atoms with E-state index in [2.05, 4.69) is 34.1 Å². The molecule has 0 atom stereocenters. The summed E-state index contributed by atoms with van der Waals surface area (Å²) in [5, 5.41) is 0.513. The molecule has 0 unspecified atom stereocenters. The number of primary amides is 1. The van der Waals surface area contributed by atoms with Crippen molar-refractivity contribution in [2.24, 2.45) is 11.7 Å². The molecular weight excluding hydrogens is 364 g/mol. The van der Waals surface area contributed by atoms with Crippen LogP contribution >= 0.6 is 0 Å². The van der Waals surface area contributed by atoms with E-state index >= 15 is 0 Å². The fraction of sp³-hybridized carbons (Fsp3) is 0.348. The zero-order valence-corrected chi connectivity index (χ0v) is 16.5. The first-order valence-corrected chi connectivity index (χ1v) is 10.1. The van der Waals surface area contributed by atoms with Crippen LogP contribution in [0.5, 0.6) is 0 Å². The molecule has 1 fully saturated rings. The SMILES string of the molecule is NC(=O)Cn1c(CN2CCC(Cc3ccccc3)CC2)nc2ccccc2c1=O. The summed E-state index contributed by atoms with van der Waals surface area (Å²) in [4.78, 5) is 31.4. The molecule has 6 heteroatoms. The number of carbonyl (C=O) groups excluding carboxylic acids is 1. The summed E-state index contributed by atoms with van der Waals surface area (Å²) in [6, 6.07) is 17.9. The maximum absolute atomic E-state index is 12.9. The molecule has 6 nitrogen and oxygen atoms in total. The maximum atomic E-state index is 12.9. The van der Waals surface area contributed by atoms with Gasteiger partial charge in [0.15, 0.2) is 0 Å². The Balaban J connectivity index is 1.49. The van der Waals surface area contributed by atoms with Gasteiger partial charge in [0, 0.05) is 0 Å². The van der Waals surface area contributed by atoms with Gasteiger partial charge in [-0.25, -0.2) is 4.98 Å². The first-order valence-electron chi connectivity index (χ1n) is 10.1. The highest BCUT2D eigenvalue weighted by atomic mass is 16.2. The minimum atomic E-state index is -0.535. The third kappa shape index (κ3) is 4.54. The van der Waals surface area contributed by atoms with Crippen molar-refractivity contribution in [3.8, 4) is 0 Å². The molecule has 4 rings (SSSR count). The Kier molecular flexibility index (Phi) is 5.71. The number of benzene rings is 2. The number of aromatic nitrogens is 2. The molecule has 0 radical (unpaired) electrons. The molecule has 150 valence electrons. The van der Waals surface area contributed by atoms with E-state index in [4.69, 9.17) is 5.73 Å². The average molecular weight is 390 g/mol. The fourth-order valence-corrected chi connectivity index (χ4v) is 4.15. The molecule has 1 saturated heterocycles. The Bertz CT molecular complexity index is 1050. The van der Waals surface area contributed by atoms with Crippen molar-refractivity contribution in [1.82, 2.24) is 14.5 Å². The van der Waals surface area contributed by atoms with E-state index in [0.29, 0.717) is 29.2 Å². The number of rotatable bonds is 6. The number of hydrogen-bond acceptors (Lipinski definition) is 4. The van der Waals surface area contributed by atoms with Gasteiger partial charge in [-0.3, -0.25) is 19.1 Å². The van der Waals surface area contributed by atoms with Crippen LogP contribution in [0.25, 0.3) is 10.9 Å². The minimum Gasteiger partial charge on any atom is -0.368 e. The van der Waals surface area contributed by atoms with E-state index in [1.54, 1.807) is 12.1 Å². The van der Waals surface area contributed by atoms with Gasteiger partial charge in [-0.1, -0.05) is 42.5 Å². The summed E-state index contributed by atoms with van der Waals surface area (Å²) < 4.78 is 1.43. The molecule has 3 aromatic rings. The number of carbonyl (C=O) groups is 1. The third-order valence-electron chi connectivity index (χ3n) is 5.69. The van der Waals surface area contributed by atoms with E-state index in [9.17, 15) is 9.59 Å². The van der Waals surface area contributed by atoms with Crippen LogP contribution in [0.15, 0.2) is 59.4 Å². The van der Waals surface area contributed by atoms with Gasteiger partial charge in [0.1, 0.15) is 12.4 Å². The second-order valence-corrected chi connectivity index (χ2v) is 7.81. The summed E-state index contributed by atoms with van der Waals surface area (Å²) in [6.45, 7) is 2.31. The second kappa shape index (κ2) is 8.57. The zero-order valence-electron chi connectivity index (χ0n) is 16.5. The van der Waals surface area contributed by atoms with Crippen LogP contribution in [-0.4, -0.2) is 33.4 Å². The summed E-state index contributed by atoms with van der Waals surface area (Å²) in [7, 11) is 0. The molecular formula is C23H26N4O2. The van der Waals surface area contributed by atoms with Gasteiger partial charge in [-0.15, -0.1) is 0 Å². The van der Waals surface area contributed by atoms with E-state index < -0.39 is 5.91 Å². The fourth-order valence-electron chi connectivity index (χ4n) is 4.15. The molecule has 1 aromatic heterocycles. The average Bonchev–Trinajstić information content (AvgIpc) is 2.73. The van der Waals surface area contributed by atoms with Crippen LogP contribution < -0.4 is 11.3 Å². The maximum Gasteiger partial charge on any atom is 0.261 e. The Morgan fingerprint density at radius 1 is 1.03 bits per heavy atom. The van der Waals surface area contributed by atoms with Gasteiger partial charge in [-0.05, 0) is 56.0 Å². The van der Waals surface area contributed by atoms with Crippen molar-refractivity contribution in [3.05, 3.63) is 76.3 Å². The van der Waals surface area contributed by atoms with Crippen LogP contribution in [0.3, 0.4) is 0 Å². The molecule has 1 aliphatic heterocycles. The first-order chi connectivity index (χ1) is 14.1. The zero-order chi connectivity index (χ0) is 20.2. The summed E-state index contributed by atoms with van der Waals surface area (Å²) in [6.07, 6.45) is 3.33. The lowest BCUT2D eigenvalue weighted by molar-refractivity contribution is -0.118. The Morgan fingerprint density at radius 2 is 1.72 bits per heavy atom. The quantitative estimate of drug-likeness (QED) is 0.700. The van der Waals surface area contributed by atoms with E-state index in [1.165, 1.54) is 10.1 Å². The first kappa shape index (κ1) is 19.3. The van der Waals surface area contributed by atoms with E-state index in [-0.39, 0.29) is 12.1 Å². The molecule has 0 bridgehead atoms. The van der Waals surface area contributed by atoms with Crippen molar-refractivity contribution < 1.29 is 4.79 Å². The number of hydrogen-bond donors (Lipinski definition) is 1. The number of fused-ring (bicyclic) bond motifs is 1. The molecule has 2 heterocycles. The van der Waals surface area contributed by atoms with Crippen LogP contribution in [0, 0.1) is 5.92 Å². The number of piperidine rings is 1. The van der Waals surface area contributed by atoms with Gasteiger partial charge in [0.25, 0.3) is 5.56 Å². The Morgan fingerprint density at radius 3 is 2.45 bits per heavy atom. The van der Waals surface area contributed by atoms with Crippen molar-refractivity contribution >= 4 is 16.8 Å². The topological polar surface area (TPSA) is 81.2 Å². The van der Waals surface area contributed by atoms with E-state index in [0.717, 1.165) is 32.4 Å². The molecule has 0 aliphatic carbocycles. The number of likely N-dealkylation sites (tertiary alicyclic amines) is 1. The Labute approximate surface area is 170 Å². The summed E-state index contributed by atoms with van der Waals surface area (Å²) >= 11 is 0. The van der Waals surface area contributed by atoms with Crippen molar-refractivity contribution in [1.29, 1.82) is 0 Å². The van der Waals surface area contributed by atoms with Crippen LogP contribution in [0.4, 0.5) is 0 Å². The minimum absolute atomic E-state index is 0.142. The number of nitrogens with zero attached hydrogens (tertiary/aromatic N) is 3. The summed E-state index contributed by atoms with van der Waals surface area (Å²) in [5.41, 5.74) is 7.23. The molecule has 1 amide bonds. The molecule has 29 heavy (non-hydrogen) atoms. The van der Waals surface area contributed by atoms with Gasteiger partial charge in [0.2, 0.25) is 5.91 Å². The standard InChI is InChI=1S/C23H26N4O2/c24-21(28)15-27-22(25-20-9-5-4-8-19(20)23(27)29)16-26-12-10-18(11-13-26)14-17-6-2-1-3-7-17/h1-9,18H,10-16H2,(H2,24,28). The van der Waals surface area contributed by atoms with Gasteiger partial charge in [-0.2, -0.15) is 0 Å². The van der Waals surface area contributed by atoms with Crippen LogP contribution in [0.1, 0.15) is 24.2 Å². The summed E-state index contributed by atoms with van der Waals surface area (Å²) in [5.74, 6) is 0.743. The number of nitrogens with two attached hydrogens (primary N) is 1. The highest BCUT2D eigenvalue weighted by Gasteiger charge is 2.22. The molecule has 1 aliphatic rings. The normalized spacial score (nSPS) is 15.6. The van der Waals surface area contributed by atoms with Crippen molar-refractivity contribution in [3.63, 3.8) is 0 Å². The molecule has 2 N–H and O–H groups in total. The lowest BCUT2D eigenvalue weighted by Crippen LogP contribution is -2.38. The highest BCUT2D eigenvalue weighted by molar-refractivity contribution is 5.78. The smallest absolute Gasteiger partial charge is 0.261 e. The lowest BCUT2D eigenvalue weighted by Gasteiger charge is -2.32. The second-order valence-electron chi connectivity index (χ2n) is 7.81. The molecule has 2 aromatic carbocycles. The monoisotopic (exact) mass is 390 g/mol. The van der Waals surface area contributed by atoms with Crippen LogP contribution in [-0.2, 0) is 24.3 Å². The predicted molar refractivity (Wildman–Crippen MR) is 113 cm³/mol. The number of para-hydroxylation sites is 1. The predicted octanol–water partition coefficient (Wildman–Crippen LogP) is 2.34. The highest BCUT2D eigenvalue weighted by Crippen LogP contribution is 2.22. The van der Waals surface area contributed by atoms with Crippen molar-refractivity contribution in [2.45, 2.75) is 32.4 Å². The van der Waals surface area contributed by atoms with Crippen LogP contribution in [0.2, 0.25) is 0 Å². The molecule has 0 saturated carbocycles. The number of amides is 1. The molecule has 0 spiro atoms. The van der Waals surface area contributed by atoms with E-state index in [1.807, 2.05) is 18.2 Å². The third-order valence-corrected chi connectivity index (χ3v) is 5.69. The van der Waals surface area contributed by atoms with Gasteiger partial charge < -0.3 is 5.73 Å². The van der Waals surface area contributed by atoms with Crippen molar-refractivity contribution in [2.75, 3.05) is 13.1 Å². The Hall–Kier alpha value is -2.99. The lowest BCUT2D eigenvalue weighted by atomic mass is 9.90. The van der Waals surface area contributed by atoms with Gasteiger partial charge in [0.05, 0.1) is 17.4 Å².